The second-order valence-electron chi connectivity index (χ2n) is 1.97. The van der Waals surface area contributed by atoms with Gasteiger partial charge in [0.1, 0.15) is 0 Å². The molecule has 1 aliphatic carbocycles. The number of hydrogen-bond acceptors (Lipinski definition) is 0. The Hall–Kier alpha value is 0. The Kier molecular flexibility index (Phi) is 0.470. The van der Waals surface area contributed by atoms with E-state index >= 15 is 0 Å². The Balaban J connectivity index is 2.20. The molecule has 1 aliphatic rings. The fourth-order valence-electron chi connectivity index (χ4n) is 0.399. The molecule has 0 aromatic carbocycles. The molecule has 1 saturated carbocycles. The maximum Gasteiger partial charge on any atom is -0.0386 e. The van der Waals surface area contributed by atoms with Gasteiger partial charge in [-0.2, -0.15) is 0 Å². The van der Waals surface area contributed by atoms with Gasteiger partial charge in [-0.05, 0) is 25.2 Å². The van der Waals surface area contributed by atoms with E-state index in [1.165, 1.54) is 6.42 Å². The van der Waals surface area contributed by atoms with Crippen LogP contribution in [0.3, 0.4) is 0 Å². The summed E-state index contributed by atoms with van der Waals surface area (Å²) in [7, 11) is 0. The summed E-state index contributed by atoms with van der Waals surface area (Å²) in [5.41, 5.74) is 0. The summed E-state index contributed by atoms with van der Waals surface area (Å²) in [5, 5.41) is 0. The number of rotatable bonds is 0. The zero-order chi connectivity index (χ0) is 3.86. The zero-order valence-electron chi connectivity index (χ0n) is 3.57. The smallest absolute Gasteiger partial charge is 0.0386 e. The molecular weight excluding hydrogens is 60.1 g/mol. The highest BCUT2D eigenvalue weighted by atomic mass is 14.3. The van der Waals surface area contributed by atoms with Crippen LogP contribution in [0.1, 0.15) is 13.3 Å². The first-order valence-corrected chi connectivity index (χ1v) is 2.14. The fourth-order valence-corrected chi connectivity index (χ4v) is 0.399. The van der Waals surface area contributed by atoms with Crippen LogP contribution in [0.15, 0.2) is 0 Å². The van der Waals surface area contributed by atoms with E-state index in [2.05, 4.69) is 13.8 Å². The van der Waals surface area contributed by atoms with Crippen molar-refractivity contribution in [1.82, 2.24) is 0 Å². The molecule has 0 aromatic rings. The molecule has 2 unspecified atom stereocenters. The highest BCUT2D eigenvalue weighted by molar-refractivity contribution is 4.83. The largest absolute Gasteiger partial charge is 0.0622 e. The van der Waals surface area contributed by atoms with E-state index in [9.17, 15) is 0 Å². The molecule has 0 heteroatoms. The number of hydrogen-bond donors (Lipinski definition) is 0. The average Bonchev–Trinajstić information content (AvgIpc) is 1.79. The van der Waals surface area contributed by atoms with Crippen LogP contribution in [0.4, 0.5) is 0 Å². The summed E-state index contributed by atoms with van der Waals surface area (Å²) >= 11 is 0. The SMILES string of the molecule is [CH2]C1CC1C. The van der Waals surface area contributed by atoms with Gasteiger partial charge in [-0.3, -0.25) is 0 Å². The van der Waals surface area contributed by atoms with Crippen molar-refractivity contribution in [3.05, 3.63) is 6.92 Å². The van der Waals surface area contributed by atoms with Crippen LogP contribution in [-0.2, 0) is 0 Å². The molecule has 0 aromatic heterocycles. The summed E-state index contributed by atoms with van der Waals surface area (Å²) in [6, 6.07) is 0. The van der Waals surface area contributed by atoms with Crippen molar-refractivity contribution in [3.8, 4) is 0 Å². The molecule has 1 radical (unpaired) electrons. The highest BCUT2D eigenvalue weighted by Crippen LogP contribution is 2.35. The third kappa shape index (κ3) is 0.444. The Morgan fingerprint density at radius 2 is 2.00 bits per heavy atom. The normalized spacial score (nSPS) is 49.2. The second kappa shape index (κ2) is 0.735. The predicted octanol–water partition coefficient (Wildman–Crippen LogP) is 1.48. The van der Waals surface area contributed by atoms with Crippen LogP contribution in [0.25, 0.3) is 0 Å². The summed E-state index contributed by atoms with van der Waals surface area (Å²) in [6.07, 6.45) is 1.36. The minimum atomic E-state index is 0.801. The Bertz CT molecular complexity index is 33.3. The van der Waals surface area contributed by atoms with Gasteiger partial charge < -0.3 is 0 Å². The Labute approximate surface area is 33.2 Å². The van der Waals surface area contributed by atoms with E-state index < -0.39 is 0 Å². The van der Waals surface area contributed by atoms with E-state index in [4.69, 9.17) is 0 Å². The van der Waals surface area contributed by atoms with Gasteiger partial charge in [0.15, 0.2) is 0 Å². The molecule has 0 heterocycles. The van der Waals surface area contributed by atoms with Crippen molar-refractivity contribution in [3.63, 3.8) is 0 Å². The molecule has 0 aliphatic heterocycles. The summed E-state index contributed by atoms with van der Waals surface area (Å²) in [5.74, 6) is 1.74. The van der Waals surface area contributed by atoms with E-state index in [0.29, 0.717) is 0 Å². The summed E-state index contributed by atoms with van der Waals surface area (Å²) in [6.45, 7) is 6.06. The first kappa shape index (κ1) is 3.20. The van der Waals surface area contributed by atoms with Crippen LogP contribution >= 0.6 is 0 Å². The van der Waals surface area contributed by atoms with Gasteiger partial charge in [0.2, 0.25) is 0 Å². The molecule has 1 rings (SSSR count). The summed E-state index contributed by atoms with van der Waals surface area (Å²) < 4.78 is 0. The lowest BCUT2D eigenvalue weighted by molar-refractivity contribution is 0.897. The maximum atomic E-state index is 3.83. The van der Waals surface area contributed by atoms with Crippen molar-refractivity contribution >= 4 is 0 Å². The molecule has 0 saturated heterocycles. The van der Waals surface area contributed by atoms with Gasteiger partial charge in [0.25, 0.3) is 0 Å². The van der Waals surface area contributed by atoms with E-state index in [1.807, 2.05) is 0 Å². The predicted molar refractivity (Wildman–Crippen MR) is 22.6 cm³/mol. The van der Waals surface area contributed by atoms with E-state index in [0.717, 1.165) is 11.8 Å². The molecule has 2 atom stereocenters. The highest BCUT2D eigenvalue weighted by Gasteiger charge is 2.26. The van der Waals surface area contributed by atoms with Crippen LogP contribution in [-0.4, -0.2) is 0 Å². The van der Waals surface area contributed by atoms with Crippen molar-refractivity contribution in [1.29, 1.82) is 0 Å². The third-order valence-electron chi connectivity index (χ3n) is 1.28. The van der Waals surface area contributed by atoms with Crippen molar-refractivity contribution in [2.45, 2.75) is 13.3 Å². The van der Waals surface area contributed by atoms with Gasteiger partial charge in [0, 0.05) is 0 Å². The molecule has 5 heavy (non-hydrogen) atoms. The van der Waals surface area contributed by atoms with Gasteiger partial charge in [0.05, 0.1) is 0 Å². The molecular formula is C5H9. The first-order chi connectivity index (χ1) is 2.30. The lowest BCUT2D eigenvalue weighted by Crippen LogP contribution is -1.59. The van der Waals surface area contributed by atoms with Crippen LogP contribution in [0.5, 0.6) is 0 Å². The molecule has 0 amide bonds. The van der Waals surface area contributed by atoms with Crippen LogP contribution < -0.4 is 0 Å². The lowest BCUT2D eigenvalue weighted by atomic mass is 10.4. The molecule has 0 spiro atoms. The fraction of sp³-hybridized carbons (Fsp3) is 0.800. The molecule has 0 N–H and O–H groups in total. The lowest BCUT2D eigenvalue weighted by Gasteiger charge is -1.66. The monoisotopic (exact) mass is 69.1 g/mol. The standard InChI is InChI=1S/C5H9/c1-4-3-5(4)2/h4-5H,1,3H2,2H3. The maximum absolute atomic E-state index is 3.83. The zero-order valence-corrected chi connectivity index (χ0v) is 3.57. The summed E-state index contributed by atoms with van der Waals surface area (Å²) in [4.78, 5) is 0. The van der Waals surface area contributed by atoms with Gasteiger partial charge in [-0.25, -0.2) is 0 Å². The van der Waals surface area contributed by atoms with Crippen LogP contribution in [0.2, 0.25) is 0 Å². The van der Waals surface area contributed by atoms with Crippen LogP contribution in [0, 0.1) is 18.8 Å². The van der Waals surface area contributed by atoms with Gasteiger partial charge in [-0.1, -0.05) is 6.92 Å². The molecule has 29 valence electrons. The second-order valence-corrected chi connectivity index (χ2v) is 1.97. The van der Waals surface area contributed by atoms with E-state index in [1.54, 1.807) is 0 Å². The molecule has 0 nitrogen and oxygen atoms in total. The minimum absolute atomic E-state index is 0.801. The topological polar surface area (TPSA) is 0 Å². The van der Waals surface area contributed by atoms with Crippen molar-refractivity contribution < 1.29 is 0 Å². The van der Waals surface area contributed by atoms with Gasteiger partial charge in [-0.15, -0.1) is 0 Å². The van der Waals surface area contributed by atoms with Gasteiger partial charge >= 0.3 is 0 Å². The molecule has 1 fully saturated rings. The first-order valence-electron chi connectivity index (χ1n) is 2.14. The Morgan fingerprint density at radius 1 is 1.80 bits per heavy atom. The quantitative estimate of drug-likeness (QED) is 0.404. The van der Waals surface area contributed by atoms with E-state index in [-0.39, 0.29) is 0 Å². The minimum Gasteiger partial charge on any atom is -0.0622 e. The van der Waals surface area contributed by atoms with Crippen molar-refractivity contribution in [2.75, 3.05) is 0 Å². The average molecular weight is 69.1 g/mol. The third-order valence-corrected chi connectivity index (χ3v) is 1.28. The molecule has 0 bridgehead atoms. The Morgan fingerprint density at radius 3 is 2.00 bits per heavy atom. The van der Waals surface area contributed by atoms with Crippen molar-refractivity contribution in [2.24, 2.45) is 11.8 Å².